The molecule has 0 amide bonds. The molecule has 1 aliphatic carbocycles. The van der Waals surface area contributed by atoms with E-state index in [4.69, 9.17) is 5.73 Å². The molecule has 0 radical (unpaired) electrons. The lowest BCUT2D eigenvalue weighted by Gasteiger charge is -2.49. The molecule has 2 atom stereocenters. The van der Waals surface area contributed by atoms with Crippen molar-refractivity contribution in [3.05, 3.63) is 11.6 Å². The zero-order valence-electron chi connectivity index (χ0n) is 11.2. The van der Waals surface area contributed by atoms with Crippen molar-refractivity contribution in [1.82, 2.24) is 0 Å². The molecular formula is C14H27N. The molecule has 1 heteroatoms. The molecule has 88 valence electrons. The predicted molar refractivity (Wildman–Crippen MR) is 67.7 cm³/mol. The third-order valence-corrected chi connectivity index (χ3v) is 4.17. The van der Waals surface area contributed by atoms with Gasteiger partial charge in [0.05, 0.1) is 0 Å². The Balaban J connectivity index is 3.09. The van der Waals surface area contributed by atoms with Crippen molar-refractivity contribution in [2.45, 2.75) is 60.4 Å². The van der Waals surface area contributed by atoms with E-state index in [1.807, 2.05) is 0 Å². The second-order valence-corrected chi connectivity index (χ2v) is 6.54. The number of hydrogen-bond donors (Lipinski definition) is 1. The van der Waals surface area contributed by atoms with Crippen LogP contribution in [0.5, 0.6) is 0 Å². The van der Waals surface area contributed by atoms with E-state index in [-0.39, 0.29) is 6.04 Å². The molecule has 0 bridgehead atoms. The van der Waals surface area contributed by atoms with E-state index >= 15 is 0 Å². The van der Waals surface area contributed by atoms with E-state index in [1.165, 1.54) is 12.0 Å². The van der Waals surface area contributed by atoms with Crippen molar-refractivity contribution < 1.29 is 0 Å². The Morgan fingerprint density at radius 3 is 2.40 bits per heavy atom. The summed E-state index contributed by atoms with van der Waals surface area (Å²) in [5, 5.41) is 0. The maximum absolute atomic E-state index is 6.07. The average molecular weight is 209 g/mol. The van der Waals surface area contributed by atoms with Gasteiger partial charge in [-0.15, -0.1) is 0 Å². The monoisotopic (exact) mass is 209 g/mol. The lowest BCUT2D eigenvalue weighted by Crippen LogP contribution is -2.43. The van der Waals surface area contributed by atoms with Crippen LogP contribution in [0.4, 0.5) is 0 Å². The van der Waals surface area contributed by atoms with Crippen molar-refractivity contribution in [2.75, 3.05) is 0 Å². The number of rotatable bonds is 2. The minimum Gasteiger partial charge on any atom is -0.324 e. The molecule has 0 heterocycles. The standard InChI is InChI=1S/C14H27N/c1-7-13(3,4)12-10(2)8-11(15)9-14(12,5)6/h8,11-12H,7,9,15H2,1-6H3. The highest BCUT2D eigenvalue weighted by Crippen LogP contribution is 2.50. The van der Waals surface area contributed by atoms with E-state index in [0.29, 0.717) is 16.7 Å². The SMILES string of the molecule is CCC(C)(C)C1C(C)=CC(N)CC1(C)C. The zero-order chi connectivity index (χ0) is 11.9. The van der Waals surface area contributed by atoms with Crippen LogP contribution in [-0.4, -0.2) is 6.04 Å². The molecule has 0 spiro atoms. The van der Waals surface area contributed by atoms with Crippen LogP contribution in [0, 0.1) is 16.7 Å². The van der Waals surface area contributed by atoms with Crippen LogP contribution < -0.4 is 5.73 Å². The van der Waals surface area contributed by atoms with Crippen LogP contribution in [0.2, 0.25) is 0 Å². The zero-order valence-corrected chi connectivity index (χ0v) is 11.2. The van der Waals surface area contributed by atoms with Gasteiger partial charge < -0.3 is 5.73 Å². The van der Waals surface area contributed by atoms with Crippen molar-refractivity contribution in [1.29, 1.82) is 0 Å². The van der Waals surface area contributed by atoms with Gasteiger partial charge in [0.2, 0.25) is 0 Å². The Labute approximate surface area is 95.1 Å². The van der Waals surface area contributed by atoms with Gasteiger partial charge in [-0.2, -0.15) is 0 Å². The minimum atomic E-state index is 0.254. The Morgan fingerprint density at radius 2 is 2.00 bits per heavy atom. The van der Waals surface area contributed by atoms with E-state index < -0.39 is 0 Å². The highest BCUT2D eigenvalue weighted by molar-refractivity contribution is 5.19. The molecular weight excluding hydrogens is 182 g/mol. The van der Waals surface area contributed by atoms with Gasteiger partial charge in [-0.3, -0.25) is 0 Å². The van der Waals surface area contributed by atoms with E-state index in [0.717, 1.165) is 6.42 Å². The van der Waals surface area contributed by atoms with Crippen LogP contribution in [0.15, 0.2) is 11.6 Å². The lowest BCUT2D eigenvalue weighted by atomic mass is 9.57. The minimum absolute atomic E-state index is 0.254. The molecule has 2 N–H and O–H groups in total. The molecule has 0 aromatic rings. The highest BCUT2D eigenvalue weighted by Gasteiger charge is 2.43. The first kappa shape index (κ1) is 12.8. The van der Waals surface area contributed by atoms with Gasteiger partial charge in [-0.1, -0.05) is 52.7 Å². The van der Waals surface area contributed by atoms with Gasteiger partial charge >= 0.3 is 0 Å². The van der Waals surface area contributed by atoms with Gasteiger partial charge in [0.15, 0.2) is 0 Å². The Kier molecular flexibility index (Phi) is 3.35. The fraction of sp³-hybridized carbons (Fsp3) is 0.857. The molecule has 0 aromatic heterocycles. The summed E-state index contributed by atoms with van der Waals surface area (Å²) in [5.74, 6) is 0.662. The summed E-state index contributed by atoms with van der Waals surface area (Å²) in [5.41, 5.74) is 8.27. The second-order valence-electron chi connectivity index (χ2n) is 6.54. The van der Waals surface area contributed by atoms with Crippen LogP contribution >= 0.6 is 0 Å². The molecule has 0 aliphatic heterocycles. The highest BCUT2D eigenvalue weighted by atomic mass is 14.7. The van der Waals surface area contributed by atoms with Gasteiger partial charge in [0, 0.05) is 6.04 Å². The first-order chi connectivity index (χ1) is 6.70. The Morgan fingerprint density at radius 1 is 1.47 bits per heavy atom. The third kappa shape index (κ3) is 2.44. The molecule has 0 aromatic carbocycles. The van der Waals surface area contributed by atoms with Gasteiger partial charge in [-0.25, -0.2) is 0 Å². The van der Waals surface area contributed by atoms with Crippen molar-refractivity contribution in [3.63, 3.8) is 0 Å². The summed E-state index contributed by atoms with van der Waals surface area (Å²) in [4.78, 5) is 0. The first-order valence-corrected chi connectivity index (χ1v) is 6.14. The first-order valence-electron chi connectivity index (χ1n) is 6.14. The van der Waals surface area contributed by atoms with Crippen LogP contribution in [0.1, 0.15) is 54.4 Å². The number of allylic oxidation sites excluding steroid dienone is 1. The number of nitrogens with two attached hydrogens (primary N) is 1. The third-order valence-electron chi connectivity index (χ3n) is 4.17. The van der Waals surface area contributed by atoms with Gasteiger partial charge in [-0.05, 0) is 30.1 Å². The lowest BCUT2D eigenvalue weighted by molar-refractivity contribution is 0.0795. The molecule has 0 fully saturated rings. The molecule has 1 nitrogen and oxygen atoms in total. The topological polar surface area (TPSA) is 26.0 Å². The van der Waals surface area contributed by atoms with E-state index in [2.05, 4.69) is 47.6 Å². The normalized spacial score (nSPS) is 31.3. The second kappa shape index (κ2) is 3.93. The maximum atomic E-state index is 6.07. The Bertz CT molecular complexity index is 261. The summed E-state index contributed by atoms with van der Waals surface area (Å²) < 4.78 is 0. The van der Waals surface area contributed by atoms with E-state index in [9.17, 15) is 0 Å². The van der Waals surface area contributed by atoms with Crippen molar-refractivity contribution >= 4 is 0 Å². The molecule has 2 unspecified atom stereocenters. The predicted octanol–water partition coefficient (Wildman–Crippen LogP) is 3.74. The average Bonchev–Trinajstić information content (AvgIpc) is 1.99. The van der Waals surface area contributed by atoms with Crippen LogP contribution in [-0.2, 0) is 0 Å². The van der Waals surface area contributed by atoms with Crippen molar-refractivity contribution in [3.8, 4) is 0 Å². The van der Waals surface area contributed by atoms with Crippen LogP contribution in [0.25, 0.3) is 0 Å². The molecule has 1 aliphatic rings. The fourth-order valence-electron chi connectivity index (χ4n) is 3.71. The molecule has 0 saturated carbocycles. The largest absolute Gasteiger partial charge is 0.324 e. The summed E-state index contributed by atoms with van der Waals surface area (Å²) in [6.07, 6.45) is 4.60. The van der Waals surface area contributed by atoms with E-state index in [1.54, 1.807) is 0 Å². The quantitative estimate of drug-likeness (QED) is 0.689. The molecule has 0 saturated heterocycles. The van der Waals surface area contributed by atoms with Gasteiger partial charge in [0.1, 0.15) is 0 Å². The van der Waals surface area contributed by atoms with Gasteiger partial charge in [0.25, 0.3) is 0 Å². The summed E-state index contributed by atoms with van der Waals surface area (Å²) in [7, 11) is 0. The summed E-state index contributed by atoms with van der Waals surface area (Å²) in [6, 6.07) is 0.254. The smallest absolute Gasteiger partial charge is 0.0231 e. The summed E-state index contributed by atoms with van der Waals surface area (Å²) in [6.45, 7) is 14.0. The maximum Gasteiger partial charge on any atom is 0.0231 e. The van der Waals surface area contributed by atoms with Crippen LogP contribution in [0.3, 0.4) is 0 Å². The number of hydrogen-bond acceptors (Lipinski definition) is 1. The summed E-state index contributed by atoms with van der Waals surface area (Å²) >= 11 is 0. The Hall–Kier alpha value is -0.300. The van der Waals surface area contributed by atoms with Crippen molar-refractivity contribution in [2.24, 2.45) is 22.5 Å². The molecule has 15 heavy (non-hydrogen) atoms. The fourth-order valence-corrected chi connectivity index (χ4v) is 3.71. The molecule has 1 rings (SSSR count).